The number of hydrogen-bond acceptors (Lipinski definition) is 4. The fourth-order valence-electron chi connectivity index (χ4n) is 8.59. The molecule has 4 nitrogen and oxygen atoms in total. The summed E-state index contributed by atoms with van der Waals surface area (Å²) in [6.45, 7) is 0. The molecule has 0 saturated carbocycles. The second-order valence-corrected chi connectivity index (χ2v) is 16.3. The zero-order chi connectivity index (χ0) is 45.3. The number of para-hydroxylation sites is 1. The van der Waals surface area contributed by atoms with Crippen molar-refractivity contribution in [1.82, 2.24) is 19.5 Å². The van der Waals surface area contributed by atoms with Crippen LogP contribution < -0.4 is 0 Å². The molecule has 0 aliphatic carbocycles. The zero-order valence-corrected chi connectivity index (χ0v) is 33.9. The van der Waals surface area contributed by atoms with Gasteiger partial charge in [-0.05, 0) is 81.9 Å². The van der Waals surface area contributed by atoms with Gasteiger partial charge in [-0.1, -0.05) is 170 Å². The van der Waals surface area contributed by atoms with E-state index in [2.05, 4.69) is 150 Å². The highest BCUT2D eigenvalue weighted by molar-refractivity contribution is 7.26. The summed E-state index contributed by atoms with van der Waals surface area (Å²) in [5, 5.41) is 4.31. The molecule has 0 unspecified atom stereocenters. The highest BCUT2D eigenvalue weighted by Gasteiger charge is 2.21. The number of thiophene rings is 1. The normalized spacial score (nSPS) is 12.7. The fourth-order valence-corrected chi connectivity index (χ4v) is 9.77. The Hall–Kier alpha value is -7.99. The van der Waals surface area contributed by atoms with Crippen LogP contribution in [0.2, 0.25) is 0 Å². The van der Waals surface area contributed by atoms with E-state index in [1.165, 1.54) is 0 Å². The number of benzene rings is 9. The van der Waals surface area contributed by atoms with Crippen molar-refractivity contribution >= 4 is 53.3 Å². The standard InChI is InChI=1S/C57H36N4S/c1-5-16-37(17-6-1)41-24-15-25-42(32-41)44-29-31-53-48(34-44)49-35-45(61-51-27-14-13-26-46(51)47-33-43(28-30-52(47)61)38-18-7-2-8-19-38)36-50(54(49)62-53)57-59-55(39-20-9-3-10-21-39)58-56(60-57)40-22-11-4-12-23-40/h1-36H/i3D,9D,10D,20D,21D. The van der Waals surface area contributed by atoms with Crippen LogP contribution in [0.15, 0.2) is 218 Å². The highest BCUT2D eigenvalue weighted by atomic mass is 32.1. The molecule has 0 radical (unpaired) electrons. The molecule has 0 aliphatic heterocycles. The maximum Gasteiger partial charge on any atom is 0.165 e. The summed E-state index contributed by atoms with van der Waals surface area (Å²) in [4.78, 5) is 15.0. The van der Waals surface area contributed by atoms with Crippen LogP contribution in [0.1, 0.15) is 6.85 Å². The van der Waals surface area contributed by atoms with Gasteiger partial charge in [-0.3, -0.25) is 0 Å². The van der Waals surface area contributed by atoms with Crippen molar-refractivity contribution in [2.24, 2.45) is 0 Å². The van der Waals surface area contributed by atoms with Crippen molar-refractivity contribution in [2.45, 2.75) is 0 Å². The summed E-state index contributed by atoms with van der Waals surface area (Å²) in [6.07, 6.45) is 0. The molecule has 5 heteroatoms. The number of nitrogens with zero attached hydrogens (tertiary/aromatic N) is 4. The molecule has 3 heterocycles. The van der Waals surface area contributed by atoms with E-state index < -0.39 is 18.1 Å². The lowest BCUT2D eigenvalue weighted by molar-refractivity contribution is 1.07. The SMILES string of the molecule is [2H]c1c([2H])c([2H])c(-c2nc(-c3ccccc3)nc(-c3cc(-n4c5ccccc5c5cc(-c6ccccc6)ccc54)cc4c3sc3ccc(-c5cccc(-c6ccccc6)c5)cc34)n2)c([2H])c1[2H]. The van der Waals surface area contributed by atoms with Gasteiger partial charge in [0.15, 0.2) is 17.5 Å². The van der Waals surface area contributed by atoms with Gasteiger partial charge in [-0.25, -0.2) is 15.0 Å². The maximum atomic E-state index is 8.96. The van der Waals surface area contributed by atoms with Crippen LogP contribution in [0.3, 0.4) is 0 Å². The first-order chi connectivity index (χ1) is 32.8. The predicted molar refractivity (Wildman–Crippen MR) is 260 cm³/mol. The van der Waals surface area contributed by atoms with E-state index in [1.54, 1.807) is 11.3 Å². The molecule has 0 saturated heterocycles. The Kier molecular flexibility index (Phi) is 7.46. The highest BCUT2D eigenvalue weighted by Crippen LogP contribution is 2.44. The minimum absolute atomic E-state index is 0.00796. The molecule has 0 amide bonds. The number of aromatic nitrogens is 4. The van der Waals surface area contributed by atoms with Crippen LogP contribution in [0.4, 0.5) is 0 Å². The number of rotatable bonds is 7. The molecular weight excluding hydrogens is 773 g/mol. The third kappa shape index (κ3) is 6.26. The predicted octanol–water partition coefficient (Wildman–Crippen LogP) is 15.3. The topological polar surface area (TPSA) is 43.6 Å². The Morgan fingerprint density at radius 1 is 0.371 bits per heavy atom. The van der Waals surface area contributed by atoms with Crippen molar-refractivity contribution in [3.8, 4) is 73.2 Å². The first-order valence-electron chi connectivity index (χ1n) is 22.9. The average Bonchev–Trinajstić information content (AvgIpc) is 3.93. The van der Waals surface area contributed by atoms with Crippen LogP contribution in [0, 0.1) is 0 Å². The lowest BCUT2D eigenvalue weighted by Crippen LogP contribution is -2.01. The molecule has 0 aliphatic rings. The van der Waals surface area contributed by atoms with Crippen molar-refractivity contribution in [3.05, 3.63) is 218 Å². The zero-order valence-electron chi connectivity index (χ0n) is 38.1. The molecule has 12 aromatic rings. The molecular formula is C57H36N4S. The molecule has 0 N–H and O–H groups in total. The van der Waals surface area contributed by atoms with E-state index >= 15 is 0 Å². The third-order valence-electron chi connectivity index (χ3n) is 11.5. The summed E-state index contributed by atoms with van der Waals surface area (Å²) in [5.41, 5.74) is 11.0. The molecule has 9 aromatic carbocycles. The van der Waals surface area contributed by atoms with Gasteiger partial charge in [0, 0.05) is 53.3 Å². The van der Waals surface area contributed by atoms with Gasteiger partial charge in [-0.15, -0.1) is 11.3 Å². The van der Waals surface area contributed by atoms with Gasteiger partial charge >= 0.3 is 0 Å². The van der Waals surface area contributed by atoms with Crippen LogP contribution in [-0.2, 0) is 0 Å². The van der Waals surface area contributed by atoms with Crippen molar-refractivity contribution < 1.29 is 6.85 Å². The Labute approximate surface area is 369 Å². The third-order valence-corrected chi connectivity index (χ3v) is 12.7. The van der Waals surface area contributed by atoms with Crippen LogP contribution >= 0.6 is 11.3 Å². The van der Waals surface area contributed by atoms with E-state index in [9.17, 15) is 0 Å². The van der Waals surface area contributed by atoms with Gasteiger partial charge in [0.2, 0.25) is 0 Å². The van der Waals surface area contributed by atoms with Crippen molar-refractivity contribution in [1.29, 1.82) is 0 Å². The molecule has 12 rings (SSSR count). The Bertz CT molecular complexity index is 3900. The van der Waals surface area contributed by atoms with Gasteiger partial charge in [0.1, 0.15) is 0 Å². The van der Waals surface area contributed by atoms with Crippen molar-refractivity contribution in [3.63, 3.8) is 0 Å². The average molecular weight is 814 g/mol. The first-order valence-corrected chi connectivity index (χ1v) is 21.2. The molecule has 290 valence electrons. The molecule has 3 aromatic heterocycles. The van der Waals surface area contributed by atoms with Gasteiger partial charge < -0.3 is 4.57 Å². The minimum Gasteiger partial charge on any atom is -0.309 e. The minimum atomic E-state index is -0.482. The van der Waals surface area contributed by atoms with Crippen LogP contribution in [-0.4, -0.2) is 19.5 Å². The lowest BCUT2D eigenvalue weighted by Gasteiger charge is -2.13. The summed E-state index contributed by atoms with van der Waals surface area (Å²) < 4.78 is 47.7. The molecule has 0 fully saturated rings. The molecule has 62 heavy (non-hydrogen) atoms. The van der Waals surface area contributed by atoms with E-state index in [0.29, 0.717) is 17.2 Å². The second kappa shape index (κ2) is 14.9. The summed E-state index contributed by atoms with van der Waals surface area (Å²) in [6, 6.07) is 62.9. The van der Waals surface area contributed by atoms with Crippen LogP contribution in [0.25, 0.3) is 115 Å². The van der Waals surface area contributed by atoms with E-state index in [-0.39, 0.29) is 23.5 Å². The monoisotopic (exact) mass is 813 g/mol. The number of fused-ring (bicyclic) bond motifs is 6. The Morgan fingerprint density at radius 3 is 1.66 bits per heavy atom. The van der Waals surface area contributed by atoms with Gasteiger partial charge in [0.25, 0.3) is 0 Å². The van der Waals surface area contributed by atoms with Gasteiger partial charge in [-0.2, -0.15) is 0 Å². The molecule has 0 atom stereocenters. The van der Waals surface area contributed by atoms with Crippen LogP contribution in [0.5, 0.6) is 0 Å². The quantitative estimate of drug-likeness (QED) is 0.161. The smallest absolute Gasteiger partial charge is 0.165 e. The molecule has 0 bridgehead atoms. The summed E-state index contributed by atoms with van der Waals surface area (Å²) >= 11 is 1.65. The second-order valence-electron chi connectivity index (χ2n) is 15.3. The lowest BCUT2D eigenvalue weighted by atomic mass is 9.97. The summed E-state index contributed by atoms with van der Waals surface area (Å²) in [5.74, 6) is 0.626. The van der Waals surface area contributed by atoms with E-state index in [0.717, 1.165) is 86.6 Å². The maximum absolute atomic E-state index is 8.96. The Balaban J connectivity index is 1.15. The first kappa shape index (κ1) is 31.0. The molecule has 0 spiro atoms. The van der Waals surface area contributed by atoms with Crippen molar-refractivity contribution in [2.75, 3.05) is 0 Å². The summed E-state index contributed by atoms with van der Waals surface area (Å²) in [7, 11) is 0. The van der Waals surface area contributed by atoms with Gasteiger partial charge in [0.05, 0.1) is 17.9 Å². The van der Waals surface area contributed by atoms with E-state index in [1.807, 2.05) is 42.5 Å². The largest absolute Gasteiger partial charge is 0.309 e. The fraction of sp³-hybridized carbons (Fsp3) is 0. The Morgan fingerprint density at radius 2 is 0.919 bits per heavy atom. The van der Waals surface area contributed by atoms with E-state index in [4.69, 9.17) is 21.8 Å². The number of hydrogen-bond donors (Lipinski definition) is 0.